The predicted octanol–water partition coefficient (Wildman–Crippen LogP) is 5.00. The third-order valence-corrected chi connectivity index (χ3v) is 3.47. The van der Waals surface area contributed by atoms with Crippen molar-refractivity contribution in [3.05, 3.63) is 10.5 Å². The third kappa shape index (κ3) is 4.91. The number of alkyl halides is 6. The summed E-state index contributed by atoms with van der Waals surface area (Å²) < 4.78 is 71.6. The molecule has 0 fully saturated rings. The third-order valence-electron chi connectivity index (χ3n) is 1.15. The molecule has 0 spiro atoms. The number of rotatable bonds is 2. The molecular weight excluding hydrogens is 344 g/mol. The molecule has 0 bridgehead atoms. The topological polar surface area (TPSA) is 15.8 Å². The van der Waals surface area contributed by atoms with E-state index in [1.165, 1.54) is 0 Å². The highest BCUT2D eigenvalue weighted by Gasteiger charge is 2.34. The van der Waals surface area contributed by atoms with Crippen LogP contribution in [0.2, 0.25) is 0 Å². The summed E-state index contributed by atoms with van der Waals surface area (Å²) >= 11 is 1.73. The van der Waals surface area contributed by atoms with Gasteiger partial charge in [0, 0.05) is 23.5 Å². The van der Waals surface area contributed by atoms with Crippen molar-refractivity contribution in [3.63, 3.8) is 0 Å². The molecule has 1 heterocycles. The molecule has 1 rings (SSSR count). The molecule has 1 aromatic rings. The molecule has 0 unspecified atom stereocenters. The van der Waals surface area contributed by atoms with Crippen LogP contribution in [0.15, 0.2) is 20.6 Å². The molecule has 0 aromatic carbocycles. The molecule has 10 heteroatoms. The van der Waals surface area contributed by atoms with Crippen LogP contribution in [0.25, 0.3) is 0 Å². The zero-order valence-electron chi connectivity index (χ0n) is 7.04. The van der Waals surface area contributed by atoms with Gasteiger partial charge >= 0.3 is 11.0 Å². The molecule has 0 aliphatic rings. The average molecular weight is 346 g/mol. The van der Waals surface area contributed by atoms with Crippen LogP contribution in [0.1, 0.15) is 0 Å². The second-order valence-corrected chi connectivity index (χ2v) is 5.44. The first-order valence-electron chi connectivity index (χ1n) is 3.47. The van der Waals surface area contributed by atoms with Crippen molar-refractivity contribution >= 4 is 39.5 Å². The Morgan fingerprint density at radius 1 is 1.00 bits per heavy atom. The zero-order chi connectivity index (χ0) is 12.6. The van der Waals surface area contributed by atoms with Crippen LogP contribution < -0.4 is 0 Å². The van der Waals surface area contributed by atoms with Gasteiger partial charge in [0.1, 0.15) is 0 Å². The van der Waals surface area contributed by atoms with Crippen molar-refractivity contribution in [1.29, 1.82) is 0 Å². The van der Waals surface area contributed by atoms with Gasteiger partial charge in [0.2, 0.25) is 0 Å². The van der Waals surface area contributed by atoms with Gasteiger partial charge in [-0.15, -0.1) is 0 Å². The van der Waals surface area contributed by atoms with Crippen molar-refractivity contribution in [2.45, 2.75) is 21.1 Å². The van der Waals surface area contributed by atoms with E-state index in [0.717, 1.165) is 6.07 Å². The molecule has 16 heavy (non-hydrogen) atoms. The number of thioether (sulfide) groups is 2. The fourth-order valence-corrected chi connectivity index (χ4v) is 2.67. The average Bonchev–Trinajstić information content (AvgIpc) is 2.23. The maximum absolute atomic E-state index is 12.0. The van der Waals surface area contributed by atoms with Crippen molar-refractivity contribution in [2.75, 3.05) is 0 Å². The highest BCUT2D eigenvalue weighted by Crippen LogP contribution is 2.44. The first-order chi connectivity index (χ1) is 7.07. The maximum Gasteiger partial charge on any atom is 0.447 e. The van der Waals surface area contributed by atoms with Gasteiger partial charge in [-0.1, -0.05) is 0 Å². The van der Waals surface area contributed by atoms with Crippen LogP contribution in [0.3, 0.4) is 0 Å². The SMILES string of the molecule is FC(F)(F)Sc1cc(Br)c(SC(F)(F)F)[nH]1. The lowest BCUT2D eigenvalue weighted by Crippen LogP contribution is -2.00. The Kier molecular flexibility index (Phi) is 4.17. The molecule has 0 atom stereocenters. The molecule has 0 aliphatic heterocycles. The van der Waals surface area contributed by atoms with Crippen molar-refractivity contribution in [1.82, 2.24) is 4.98 Å². The zero-order valence-corrected chi connectivity index (χ0v) is 10.3. The van der Waals surface area contributed by atoms with Crippen LogP contribution in [-0.2, 0) is 0 Å². The molecule has 1 N–H and O–H groups in total. The summed E-state index contributed by atoms with van der Waals surface area (Å²) in [5, 5.41) is -0.801. The molecule has 0 radical (unpaired) electrons. The monoisotopic (exact) mass is 345 g/mol. The first-order valence-corrected chi connectivity index (χ1v) is 5.89. The fraction of sp³-hybridized carbons (Fsp3) is 0.333. The summed E-state index contributed by atoms with van der Waals surface area (Å²) in [6.45, 7) is 0. The Bertz CT molecular complexity index is 370. The van der Waals surface area contributed by atoms with Gasteiger partial charge in [0.05, 0.1) is 14.5 Å². The van der Waals surface area contributed by atoms with Crippen LogP contribution in [-0.4, -0.2) is 16.0 Å². The second kappa shape index (κ2) is 4.73. The molecule has 92 valence electrons. The molecule has 1 aromatic heterocycles. The van der Waals surface area contributed by atoms with Gasteiger partial charge in [0.25, 0.3) is 0 Å². The van der Waals surface area contributed by atoms with E-state index < -0.39 is 44.6 Å². The summed E-state index contributed by atoms with van der Waals surface area (Å²) in [4.78, 5) is 2.03. The number of H-pyrrole nitrogens is 1. The van der Waals surface area contributed by atoms with Crippen molar-refractivity contribution in [2.24, 2.45) is 0 Å². The van der Waals surface area contributed by atoms with Crippen LogP contribution >= 0.6 is 39.5 Å². The summed E-state index contributed by atoms with van der Waals surface area (Å²) in [5.74, 6) is 0. The van der Waals surface area contributed by atoms with E-state index in [1.54, 1.807) is 0 Å². The van der Waals surface area contributed by atoms with E-state index in [4.69, 9.17) is 0 Å². The molecule has 0 amide bonds. The number of nitrogens with one attached hydrogen (secondary N) is 1. The number of aromatic nitrogens is 1. The van der Waals surface area contributed by atoms with Gasteiger partial charge in [-0.3, -0.25) is 0 Å². The summed E-state index contributed by atoms with van der Waals surface area (Å²) in [5.41, 5.74) is -9.09. The smallest absolute Gasteiger partial charge is 0.343 e. The summed E-state index contributed by atoms with van der Waals surface area (Å²) in [6, 6.07) is 0.951. The Balaban J connectivity index is 2.82. The van der Waals surface area contributed by atoms with Gasteiger partial charge in [-0.05, 0) is 22.0 Å². The van der Waals surface area contributed by atoms with E-state index in [2.05, 4.69) is 15.9 Å². The van der Waals surface area contributed by atoms with Gasteiger partial charge in [-0.25, -0.2) is 0 Å². The summed E-state index contributed by atoms with van der Waals surface area (Å²) in [6.07, 6.45) is 0. The van der Waals surface area contributed by atoms with E-state index in [0.29, 0.717) is 0 Å². The van der Waals surface area contributed by atoms with Gasteiger partial charge in [0.15, 0.2) is 0 Å². The number of hydrogen-bond donors (Lipinski definition) is 1. The Morgan fingerprint density at radius 2 is 1.50 bits per heavy atom. The van der Waals surface area contributed by atoms with E-state index >= 15 is 0 Å². The molecule has 0 saturated carbocycles. The van der Waals surface area contributed by atoms with E-state index in [-0.39, 0.29) is 4.47 Å². The lowest BCUT2D eigenvalue weighted by molar-refractivity contribution is -0.0335. The van der Waals surface area contributed by atoms with E-state index in [9.17, 15) is 26.3 Å². The minimum absolute atomic E-state index is 0.0541. The molecule has 1 nitrogen and oxygen atoms in total. The van der Waals surface area contributed by atoms with Crippen molar-refractivity contribution in [3.8, 4) is 0 Å². The fourth-order valence-electron chi connectivity index (χ4n) is 0.758. The quantitative estimate of drug-likeness (QED) is 0.599. The van der Waals surface area contributed by atoms with E-state index in [1.807, 2.05) is 4.98 Å². The molecular formula is C6H2BrF6NS2. The van der Waals surface area contributed by atoms with Gasteiger partial charge < -0.3 is 4.98 Å². The second-order valence-electron chi connectivity index (χ2n) is 2.41. The lowest BCUT2D eigenvalue weighted by Gasteiger charge is -2.04. The minimum atomic E-state index is -4.55. The Labute approximate surface area is 102 Å². The van der Waals surface area contributed by atoms with Crippen LogP contribution in [0.5, 0.6) is 0 Å². The highest BCUT2D eigenvalue weighted by atomic mass is 79.9. The van der Waals surface area contributed by atoms with Crippen LogP contribution in [0, 0.1) is 0 Å². The number of halogens is 7. The normalized spacial score (nSPS) is 13.2. The first kappa shape index (κ1) is 14.1. The predicted molar refractivity (Wildman–Crippen MR) is 52.3 cm³/mol. The van der Waals surface area contributed by atoms with Crippen LogP contribution in [0.4, 0.5) is 26.3 Å². The molecule has 0 saturated heterocycles. The maximum atomic E-state index is 12.0. The largest absolute Gasteiger partial charge is 0.447 e. The van der Waals surface area contributed by atoms with Gasteiger partial charge in [-0.2, -0.15) is 26.3 Å². The number of aromatic amines is 1. The van der Waals surface area contributed by atoms with Crippen molar-refractivity contribution < 1.29 is 26.3 Å². The standard InChI is InChI=1S/C6H2BrF6NS2/c7-2-1-3(15-5(8,9)10)14-4(2)16-6(11,12)13/h1,14H. The lowest BCUT2D eigenvalue weighted by atomic mass is 10.7. The molecule has 0 aliphatic carbocycles. The number of hydrogen-bond acceptors (Lipinski definition) is 2. The Hall–Kier alpha value is 0.0400. The highest BCUT2D eigenvalue weighted by molar-refractivity contribution is 9.10. The minimum Gasteiger partial charge on any atom is -0.343 e. The Morgan fingerprint density at radius 3 is 1.94 bits per heavy atom. The summed E-state index contributed by atoms with van der Waals surface area (Å²) in [7, 11) is 0.